The fraction of sp³-hybridized carbons (Fsp3) is 0.875. The van der Waals surface area contributed by atoms with Crippen LogP contribution < -0.4 is 10.6 Å². The molecule has 0 aromatic heterocycles. The highest BCUT2D eigenvalue weighted by Gasteiger charge is 2.29. The SMILES string of the molecule is CC(C)CC(NC(=O)NC1CCCCC1C(C)C)C(=O)O. The zero-order valence-corrected chi connectivity index (χ0v) is 13.7. The molecule has 0 heterocycles. The summed E-state index contributed by atoms with van der Waals surface area (Å²) in [5.74, 6) is 0.270. The Morgan fingerprint density at radius 3 is 2.29 bits per heavy atom. The molecule has 0 aliphatic heterocycles. The van der Waals surface area contributed by atoms with E-state index in [9.17, 15) is 14.7 Å². The second-order valence-electron chi connectivity index (χ2n) is 6.94. The number of nitrogens with one attached hydrogen (secondary N) is 2. The van der Waals surface area contributed by atoms with E-state index in [1.807, 2.05) is 13.8 Å². The highest BCUT2D eigenvalue weighted by Crippen LogP contribution is 2.30. The number of amides is 2. The van der Waals surface area contributed by atoms with Gasteiger partial charge in [-0.05, 0) is 37.0 Å². The van der Waals surface area contributed by atoms with Crippen molar-refractivity contribution in [2.45, 2.75) is 71.9 Å². The fourth-order valence-electron chi connectivity index (χ4n) is 3.20. The van der Waals surface area contributed by atoms with Gasteiger partial charge in [0, 0.05) is 6.04 Å². The summed E-state index contributed by atoms with van der Waals surface area (Å²) in [5.41, 5.74) is 0. The number of carbonyl (C=O) groups excluding carboxylic acids is 1. The zero-order chi connectivity index (χ0) is 16.0. The minimum atomic E-state index is -0.970. The normalized spacial score (nSPS) is 23.9. The molecule has 5 nitrogen and oxygen atoms in total. The van der Waals surface area contributed by atoms with Crippen molar-refractivity contribution in [1.82, 2.24) is 10.6 Å². The first-order chi connectivity index (χ1) is 9.81. The van der Waals surface area contributed by atoms with Gasteiger partial charge in [0.15, 0.2) is 0 Å². The smallest absolute Gasteiger partial charge is 0.326 e. The second kappa shape index (κ2) is 8.25. The van der Waals surface area contributed by atoms with Gasteiger partial charge in [0.2, 0.25) is 0 Å². The van der Waals surface area contributed by atoms with Gasteiger partial charge in [0.25, 0.3) is 0 Å². The number of carboxylic acid groups (broad SMARTS) is 1. The largest absolute Gasteiger partial charge is 0.480 e. The molecule has 1 fully saturated rings. The maximum absolute atomic E-state index is 12.1. The standard InChI is InChI=1S/C16H30N2O3/c1-10(2)9-14(15(19)20)18-16(21)17-13-8-6-5-7-12(13)11(3)4/h10-14H,5-9H2,1-4H3,(H,19,20)(H2,17,18,21). The zero-order valence-electron chi connectivity index (χ0n) is 13.7. The van der Waals surface area contributed by atoms with Crippen molar-refractivity contribution in [2.24, 2.45) is 17.8 Å². The van der Waals surface area contributed by atoms with Crippen LogP contribution in [0, 0.1) is 17.8 Å². The summed E-state index contributed by atoms with van der Waals surface area (Å²) in [7, 11) is 0. The van der Waals surface area contributed by atoms with Crippen LogP contribution in [0.4, 0.5) is 4.79 Å². The van der Waals surface area contributed by atoms with Crippen LogP contribution in [0.5, 0.6) is 0 Å². The van der Waals surface area contributed by atoms with E-state index in [0.29, 0.717) is 18.3 Å². The summed E-state index contributed by atoms with van der Waals surface area (Å²) in [4.78, 5) is 23.3. The van der Waals surface area contributed by atoms with E-state index in [2.05, 4.69) is 24.5 Å². The molecule has 2 amide bonds. The van der Waals surface area contributed by atoms with Crippen molar-refractivity contribution in [2.75, 3.05) is 0 Å². The molecular weight excluding hydrogens is 268 g/mol. The molecule has 3 atom stereocenters. The van der Waals surface area contributed by atoms with E-state index < -0.39 is 12.0 Å². The average molecular weight is 298 g/mol. The van der Waals surface area contributed by atoms with Crippen LogP contribution in [0.3, 0.4) is 0 Å². The van der Waals surface area contributed by atoms with Crippen LogP contribution in [0.25, 0.3) is 0 Å². The molecule has 1 rings (SSSR count). The maximum Gasteiger partial charge on any atom is 0.326 e. The molecule has 0 bridgehead atoms. The van der Waals surface area contributed by atoms with Gasteiger partial charge in [-0.1, -0.05) is 40.5 Å². The van der Waals surface area contributed by atoms with Crippen molar-refractivity contribution >= 4 is 12.0 Å². The second-order valence-corrected chi connectivity index (χ2v) is 6.94. The van der Waals surface area contributed by atoms with Gasteiger partial charge in [-0.15, -0.1) is 0 Å². The lowest BCUT2D eigenvalue weighted by molar-refractivity contribution is -0.139. The number of urea groups is 1. The van der Waals surface area contributed by atoms with E-state index in [1.54, 1.807) is 0 Å². The van der Waals surface area contributed by atoms with Crippen molar-refractivity contribution < 1.29 is 14.7 Å². The van der Waals surface area contributed by atoms with Crippen molar-refractivity contribution in [3.8, 4) is 0 Å². The van der Waals surface area contributed by atoms with E-state index in [-0.39, 0.29) is 18.0 Å². The Morgan fingerprint density at radius 2 is 1.76 bits per heavy atom. The highest BCUT2D eigenvalue weighted by molar-refractivity contribution is 5.82. The topological polar surface area (TPSA) is 78.4 Å². The molecule has 0 saturated heterocycles. The van der Waals surface area contributed by atoms with Gasteiger partial charge in [0.1, 0.15) is 6.04 Å². The quantitative estimate of drug-likeness (QED) is 0.705. The Hall–Kier alpha value is -1.26. The first-order valence-corrected chi connectivity index (χ1v) is 8.11. The Labute approximate surface area is 127 Å². The Kier molecular flexibility index (Phi) is 6.99. The first kappa shape index (κ1) is 17.8. The van der Waals surface area contributed by atoms with Gasteiger partial charge in [-0.2, -0.15) is 0 Å². The summed E-state index contributed by atoms with van der Waals surface area (Å²) in [6.45, 7) is 8.26. The summed E-state index contributed by atoms with van der Waals surface area (Å²) >= 11 is 0. The lowest BCUT2D eigenvalue weighted by Gasteiger charge is -2.35. The van der Waals surface area contributed by atoms with Gasteiger partial charge in [0.05, 0.1) is 0 Å². The average Bonchev–Trinajstić information content (AvgIpc) is 2.37. The van der Waals surface area contributed by atoms with E-state index >= 15 is 0 Å². The predicted molar refractivity (Wildman–Crippen MR) is 83.1 cm³/mol. The van der Waals surface area contributed by atoms with Crippen LogP contribution >= 0.6 is 0 Å². The third kappa shape index (κ3) is 5.94. The van der Waals surface area contributed by atoms with Gasteiger partial charge >= 0.3 is 12.0 Å². The first-order valence-electron chi connectivity index (χ1n) is 8.11. The third-order valence-corrected chi connectivity index (χ3v) is 4.30. The molecule has 0 radical (unpaired) electrons. The molecule has 1 aliphatic rings. The molecule has 1 aliphatic carbocycles. The summed E-state index contributed by atoms with van der Waals surface area (Å²) in [6, 6.07) is -1.00. The number of hydrogen-bond donors (Lipinski definition) is 3. The van der Waals surface area contributed by atoms with Crippen LogP contribution in [0.15, 0.2) is 0 Å². The monoisotopic (exact) mass is 298 g/mol. The van der Waals surface area contributed by atoms with E-state index in [0.717, 1.165) is 19.3 Å². The lowest BCUT2D eigenvalue weighted by atomic mass is 9.78. The molecular formula is C16H30N2O3. The molecule has 1 saturated carbocycles. The molecule has 0 spiro atoms. The molecule has 0 aromatic rings. The van der Waals surface area contributed by atoms with Crippen molar-refractivity contribution in [3.05, 3.63) is 0 Å². The fourth-order valence-corrected chi connectivity index (χ4v) is 3.20. The van der Waals surface area contributed by atoms with Crippen molar-refractivity contribution in [1.29, 1.82) is 0 Å². The van der Waals surface area contributed by atoms with Crippen molar-refractivity contribution in [3.63, 3.8) is 0 Å². The minimum Gasteiger partial charge on any atom is -0.480 e. The van der Waals surface area contributed by atoms with Crippen LogP contribution in [-0.2, 0) is 4.79 Å². The number of carbonyl (C=O) groups is 2. The molecule has 0 aromatic carbocycles. The lowest BCUT2D eigenvalue weighted by Crippen LogP contribution is -2.52. The summed E-state index contributed by atoms with van der Waals surface area (Å²) in [6.07, 6.45) is 4.91. The van der Waals surface area contributed by atoms with E-state index in [1.165, 1.54) is 6.42 Å². The van der Waals surface area contributed by atoms with Gasteiger partial charge < -0.3 is 15.7 Å². The minimum absolute atomic E-state index is 0.159. The maximum atomic E-state index is 12.1. The molecule has 3 N–H and O–H groups in total. The van der Waals surface area contributed by atoms with Crippen LogP contribution in [0.1, 0.15) is 59.8 Å². The number of rotatable bonds is 6. The predicted octanol–water partition coefficient (Wildman–Crippen LogP) is 3.00. The molecule has 5 heteroatoms. The Morgan fingerprint density at radius 1 is 1.14 bits per heavy atom. The number of carboxylic acids is 1. The Balaban J connectivity index is 2.55. The van der Waals surface area contributed by atoms with Crippen LogP contribution in [-0.4, -0.2) is 29.2 Å². The van der Waals surface area contributed by atoms with Crippen LogP contribution in [0.2, 0.25) is 0 Å². The summed E-state index contributed by atoms with van der Waals surface area (Å²) < 4.78 is 0. The Bertz CT molecular complexity index is 355. The van der Waals surface area contributed by atoms with Gasteiger partial charge in [-0.3, -0.25) is 0 Å². The summed E-state index contributed by atoms with van der Waals surface area (Å²) in [5, 5.41) is 14.8. The highest BCUT2D eigenvalue weighted by atomic mass is 16.4. The molecule has 122 valence electrons. The molecule has 21 heavy (non-hydrogen) atoms. The number of hydrogen-bond acceptors (Lipinski definition) is 2. The van der Waals surface area contributed by atoms with E-state index in [4.69, 9.17) is 0 Å². The number of aliphatic carboxylic acids is 1. The third-order valence-electron chi connectivity index (χ3n) is 4.30. The van der Waals surface area contributed by atoms with Gasteiger partial charge in [-0.25, -0.2) is 9.59 Å². The molecule has 3 unspecified atom stereocenters.